The maximum atomic E-state index is 12.4. The van der Waals surface area contributed by atoms with Crippen LogP contribution in [0.25, 0.3) is 0 Å². The first-order chi connectivity index (χ1) is 12.4. The lowest BCUT2D eigenvalue weighted by Gasteiger charge is -2.16. The van der Waals surface area contributed by atoms with Gasteiger partial charge in [-0.3, -0.25) is 9.59 Å². The van der Waals surface area contributed by atoms with E-state index in [4.69, 9.17) is 0 Å². The van der Waals surface area contributed by atoms with Crippen molar-refractivity contribution in [3.05, 3.63) is 29.3 Å². The Hall–Kier alpha value is -1.93. The number of likely N-dealkylation sites (N-methyl/N-ethyl adjacent to an activating group) is 1. The van der Waals surface area contributed by atoms with E-state index in [0.29, 0.717) is 13.0 Å². The Kier molecular flexibility index (Phi) is 7.59. The third-order valence-corrected chi connectivity index (χ3v) is 5.78. The number of benzene rings is 1. The summed E-state index contributed by atoms with van der Waals surface area (Å²) >= 11 is 0. The minimum Gasteiger partial charge on any atom is -0.355 e. The third-order valence-electron chi connectivity index (χ3n) is 4.32. The van der Waals surface area contributed by atoms with Crippen molar-refractivity contribution in [3.63, 3.8) is 0 Å². The van der Waals surface area contributed by atoms with E-state index in [-0.39, 0.29) is 36.2 Å². The topological polar surface area (TPSA) is 104 Å². The van der Waals surface area contributed by atoms with Crippen LogP contribution in [0.15, 0.2) is 23.1 Å². The Morgan fingerprint density at radius 3 is 2.50 bits per heavy atom. The monoisotopic (exact) mass is 381 g/mol. The van der Waals surface area contributed by atoms with Crippen molar-refractivity contribution in [2.24, 2.45) is 0 Å². The quantitative estimate of drug-likeness (QED) is 0.552. The molecule has 0 saturated carbocycles. The molecule has 1 aromatic carbocycles. The Labute approximate surface area is 155 Å². The van der Waals surface area contributed by atoms with Crippen LogP contribution in [0.4, 0.5) is 0 Å². The van der Waals surface area contributed by atoms with Crippen molar-refractivity contribution in [2.45, 2.75) is 50.3 Å². The maximum Gasteiger partial charge on any atom is 0.240 e. The maximum absolute atomic E-state index is 12.4. The Morgan fingerprint density at radius 1 is 1.04 bits per heavy atom. The lowest BCUT2D eigenvalue weighted by molar-refractivity contribution is -0.126. The first-order valence-electron chi connectivity index (χ1n) is 9.07. The predicted molar refractivity (Wildman–Crippen MR) is 99.2 cm³/mol. The summed E-state index contributed by atoms with van der Waals surface area (Å²) in [5, 5.41) is 5.08. The number of carbonyl (C=O) groups is 2. The number of amides is 2. The summed E-state index contributed by atoms with van der Waals surface area (Å²) in [5.74, 6) is -0.516. The molecule has 0 fully saturated rings. The average Bonchev–Trinajstić information content (AvgIpc) is 2.63. The number of aryl methyl sites for hydroxylation is 2. The summed E-state index contributed by atoms with van der Waals surface area (Å²) in [4.78, 5) is 23.2. The zero-order valence-corrected chi connectivity index (χ0v) is 16.0. The van der Waals surface area contributed by atoms with Crippen LogP contribution in [0.1, 0.15) is 43.7 Å². The summed E-state index contributed by atoms with van der Waals surface area (Å²) in [6.45, 7) is 2.43. The van der Waals surface area contributed by atoms with E-state index in [1.165, 1.54) is 5.56 Å². The van der Waals surface area contributed by atoms with Gasteiger partial charge in [-0.25, -0.2) is 13.1 Å². The summed E-state index contributed by atoms with van der Waals surface area (Å²) < 4.78 is 27.3. The van der Waals surface area contributed by atoms with Crippen molar-refractivity contribution < 1.29 is 18.0 Å². The standard InChI is InChI=1S/C18H27N3O4S/c1-2-19-18(23)13-20-17(22)8-5-11-21-26(24,25)16-10-9-14-6-3-4-7-15(14)12-16/h9-10,12,21H,2-8,11,13H2,1H3,(H,19,23)(H,20,22). The van der Waals surface area contributed by atoms with E-state index in [1.807, 2.05) is 6.07 Å². The molecule has 1 aromatic rings. The van der Waals surface area contributed by atoms with Crippen molar-refractivity contribution in [1.29, 1.82) is 0 Å². The normalized spacial score (nSPS) is 13.7. The number of rotatable bonds is 9. The summed E-state index contributed by atoms with van der Waals surface area (Å²) in [6.07, 6.45) is 4.70. The molecule has 8 heteroatoms. The van der Waals surface area contributed by atoms with E-state index < -0.39 is 10.0 Å². The van der Waals surface area contributed by atoms with Gasteiger partial charge in [-0.1, -0.05) is 6.07 Å². The molecule has 0 heterocycles. The van der Waals surface area contributed by atoms with Gasteiger partial charge in [-0.2, -0.15) is 0 Å². The first kappa shape index (κ1) is 20.4. The van der Waals surface area contributed by atoms with Gasteiger partial charge in [-0.05, 0) is 62.3 Å². The van der Waals surface area contributed by atoms with E-state index in [2.05, 4.69) is 15.4 Å². The Bertz CT molecular complexity index is 747. The van der Waals surface area contributed by atoms with Crippen LogP contribution in [-0.2, 0) is 32.5 Å². The van der Waals surface area contributed by atoms with Crippen LogP contribution in [-0.4, -0.2) is 39.9 Å². The summed E-state index contributed by atoms with van der Waals surface area (Å²) in [7, 11) is -3.57. The van der Waals surface area contributed by atoms with Crippen LogP contribution < -0.4 is 15.4 Å². The highest BCUT2D eigenvalue weighted by atomic mass is 32.2. The molecule has 0 aromatic heterocycles. The fourth-order valence-corrected chi connectivity index (χ4v) is 4.07. The number of carbonyl (C=O) groups excluding carboxylic acids is 2. The van der Waals surface area contributed by atoms with Crippen molar-refractivity contribution in [2.75, 3.05) is 19.6 Å². The smallest absolute Gasteiger partial charge is 0.240 e. The van der Waals surface area contributed by atoms with E-state index in [0.717, 1.165) is 31.2 Å². The first-order valence-corrected chi connectivity index (χ1v) is 10.6. The van der Waals surface area contributed by atoms with E-state index in [1.54, 1.807) is 19.1 Å². The summed E-state index contributed by atoms with van der Waals surface area (Å²) in [5.41, 5.74) is 2.35. The average molecular weight is 381 g/mol. The molecule has 26 heavy (non-hydrogen) atoms. The fraction of sp³-hybridized carbons (Fsp3) is 0.556. The van der Waals surface area contributed by atoms with Crippen LogP contribution in [0.3, 0.4) is 0 Å². The third kappa shape index (κ3) is 6.10. The largest absolute Gasteiger partial charge is 0.355 e. The fourth-order valence-electron chi connectivity index (χ4n) is 2.94. The molecule has 0 saturated heterocycles. The Morgan fingerprint density at radius 2 is 1.77 bits per heavy atom. The molecule has 0 bridgehead atoms. The molecule has 0 spiro atoms. The second-order valence-corrected chi connectivity index (χ2v) is 8.14. The molecule has 0 radical (unpaired) electrons. The van der Waals surface area contributed by atoms with Gasteiger partial charge < -0.3 is 10.6 Å². The number of nitrogens with one attached hydrogen (secondary N) is 3. The van der Waals surface area contributed by atoms with Crippen molar-refractivity contribution >= 4 is 21.8 Å². The van der Waals surface area contributed by atoms with Crippen LogP contribution in [0.5, 0.6) is 0 Å². The van der Waals surface area contributed by atoms with E-state index in [9.17, 15) is 18.0 Å². The molecule has 0 aliphatic heterocycles. The minimum absolute atomic E-state index is 0.0620. The SMILES string of the molecule is CCNC(=O)CNC(=O)CCCNS(=O)(=O)c1ccc2c(c1)CCCC2. The Balaban J connectivity index is 1.76. The number of hydrogen-bond donors (Lipinski definition) is 3. The highest BCUT2D eigenvalue weighted by molar-refractivity contribution is 7.89. The highest BCUT2D eigenvalue weighted by Crippen LogP contribution is 2.23. The molecule has 144 valence electrons. The molecule has 2 amide bonds. The number of sulfonamides is 1. The van der Waals surface area contributed by atoms with Crippen LogP contribution in [0, 0.1) is 0 Å². The van der Waals surface area contributed by atoms with Gasteiger partial charge in [0, 0.05) is 19.5 Å². The molecule has 2 rings (SSSR count). The molecular formula is C18H27N3O4S. The zero-order valence-electron chi connectivity index (χ0n) is 15.1. The van der Waals surface area contributed by atoms with Crippen molar-refractivity contribution in [1.82, 2.24) is 15.4 Å². The van der Waals surface area contributed by atoms with E-state index >= 15 is 0 Å². The predicted octanol–water partition coefficient (Wildman–Crippen LogP) is 0.876. The van der Waals surface area contributed by atoms with Gasteiger partial charge in [0.25, 0.3) is 0 Å². The number of fused-ring (bicyclic) bond motifs is 1. The molecule has 7 nitrogen and oxygen atoms in total. The van der Waals surface area contributed by atoms with Crippen molar-refractivity contribution in [3.8, 4) is 0 Å². The van der Waals surface area contributed by atoms with Crippen LogP contribution in [0.2, 0.25) is 0 Å². The second kappa shape index (κ2) is 9.68. The molecular weight excluding hydrogens is 354 g/mol. The van der Waals surface area contributed by atoms with Gasteiger partial charge in [0.1, 0.15) is 0 Å². The lowest BCUT2D eigenvalue weighted by Crippen LogP contribution is -2.37. The summed E-state index contributed by atoms with van der Waals surface area (Å²) in [6, 6.07) is 5.30. The molecule has 3 N–H and O–H groups in total. The molecule has 1 aliphatic carbocycles. The number of hydrogen-bond acceptors (Lipinski definition) is 4. The van der Waals surface area contributed by atoms with Gasteiger partial charge >= 0.3 is 0 Å². The molecule has 0 unspecified atom stereocenters. The van der Waals surface area contributed by atoms with Gasteiger partial charge in [0.15, 0.2) is 0 Å². The lowest BCUT2D eigenvalue weighted by atomic mass is 9.92. The van der Waals surface area contributed by atoms with Gasteiger partial charge in [0.2, 0.25) is 21.8 Å². The van der Waals surface area contributed by atoms with Gasteiger partial charge in [0.05, 0.1) is 11.4 Å². The second-order valence-electron chi connectivity index (χ2n) is 6.37. The zero-order chi connectivity index (χ0) is 19.0. The molecule has 1 aliphatic rings. The minimum atomic E-state index is -3.57. The van der Waals surface area contributed by atoms with Gasteiger partial charge in [-0.15, -0.1) is 0 Å². The van der Waals surface area contributed by atoms with Crippen LogP contribution >= 0.6 is 0 Å². The highest BCUT2D eigenvalue weighted by Gasteiger charge is 2.17. The molecule has 0 atom stereocenters.